The molecule has 0 saturated carbocycles. The Hall–Kier alpha value is -1.69. The van der Waals surface area contributed by atoms with E-state index in [0.29, 0.717) is 12.5 Å². The van der Waals surface area contributed by atoms with Crippen molar-refractivity contribution in [1.82, 2.24) is 0 Å². The molecule has 0 amide bonds. The van der Waals surface area contributed by atoms with E-state index in [1.54, 1.807) is 0 Å². The second kappa shape index (κ2) is 7.04. The summed E-state index contributed by atoms with van der Waals surface area (Å²) < 4.78 is 5.54. The molecule has 1 atom stereocenters. The maximum absolute atomic E-state index is 9.16. The summed E-state index contributed by atoms with van der Waals surface area (Å²) in [7, 11) is 2.03. The highest BCUT2D eigenvalue weighted by Gasteiger charge is 2.15. The van der Waals surface area contributed by atoms with Gasteiger partial charge in [0.1, 0.15) is 5.75 Å². The molecule has 0 bridgehead atoms. The van der Waals surface area contributed by atoms with Crippen LogP contribution in [0.5, 0.6) is 5.75 Å². The van der Waals surface area contributed by atoms with Gasteiger partial charge in [0.15, 0.2) is 0 Å². The van der Waals surface area contributed by atoms with Crippen molar-refractivity contribution in [3.63, 3.8) is 0 Å². The summed E-state index contributed by atoms with van der Waals surface area (Å²) in [5.74, 6) is 1.36. The van der Waals surface area contributed by atoms with Crippen LogP contribution in [0.2, 0.25) is 0 Å². The summed E-state index contributed by atoms with van der Waals surface area (Å²) in [5.41, 5.74) is 2.26. The van der Waals surface area contributed by atoms with Crippen molar-refractivity contribution in [1.29, 1.82) is 5.26 Å². The molecule has 0 aromatic heterocycles. The molecule has 19 heavy (non-hydrogen) atoms. The maximum atomic E-state index is 9.16. The number of hydrogen-bond acceptors (Lipinski definition) is 3. The fourth-order valence-corrected chi connectivity index (χ4v) is 1.99. The highest BCUT2D eigenvalue weighted by atomic mass is 16.5. The summed E-state index contributed by atoms with van der Waals surface area (Å²) in [4.78, 5) is 2.14. The second-order valence-corrected chi connectivity index (χ2v) is 5.24. The highest BCUT2D eigenvalue weighted by Crippen LogP contribution is 2.25. The van der Waals surface area contributed by atoms with Crippen molar-refractivity contribution in [3.05, 3.63) is 23.8 Å². The lowest BCUT2D eigenvalue weighted by Crippen LogP contribution is -2.27. The molecule has 3 nitrogen and oxygen atoms in total. The molecular formula is C16H24N2O. The van der Waals surface area contributed by atoms with Crippen molar-refractivity contribution in [2.24, 2.45) is 11.8 Å². The third-order valence-electron chi connectivity index (χ3n) is 3.34. The fraction of sp³-hybridized carbons (Fsp3) is 0.562. The number of anilines is 1. The molecule has 3 heteroatoms. The average Bonchev–Trinajstić information content (AvgIpc) is 2.37. The van der Waals surface area contributed by atoms with Gasteiger partial charge < -0.3 is 9.64 Å². The van der Waals surface area contributed by atoms with Crippen LogP contribution in [0, 0.1) is 30.1 Å². The zero-order valence-corrected chi connectivity index (χ0v) is 12.6. The number of nitrogens with zero attached hydrogens (tertiary/aromatic N) is 2. The largest absolute Gasteiger partial charge is 0.494 e. The van der Waals surface area contributed by atoms with Gasteiger partial charge in [-0.1, -0.05) is 13.8 Å². The molecule has 0 aliphatic rings. The maximum Gasteiger partial charge on any atom is 0.122 e. The number of rotatable bonds is 6. The van der Waals surface area contributed by atoms with Gasteiger partial charge in [0, 0.05) is 19.3 Å². The Balaban J connectivity index is 2.80. The van der Waals surface area contributed by atoms with Crippen LogP contribution >= 0.6 is 0 Å². The number of benzene rings is 1. The van der Waals surface area contributed by atoms with Crippen molar-refractivity contribution in [2.45, 2.75) is 27.7 Å². The summed E-state index contributed by atoms with van der Waals surface area (Å²) in [5, 5.41) is 9.16. The number of ether oxygens (including phenoxy) is 1. The van der Waals surface area contributed by atoms with E-state index in [-0.39, 0.29) is 5.92 Å². The third-order valence-corrected chi connectivity index (χ3v) is 3.34. The minimum atomic E-state index is 0.0527. The summed E-state index contributed by atoms with van der Waals surface area (Å²) in [6.07, 6.45) is 0. The first-order valence-electron chi connectivity index (χ1n) is 6.83. The van der Waals surface area contributed by atoms with Gasteiger partial charge in [0.2, 0.25) is 0 Å². The molecule has 0 heterocycles. The first kappa shape index (κ1) is 15.4. The second-order valence-electron chi connectivity index (χ2n) is 5.24. The van der Waals surface area contributed by atoms with Crippen LogP contribution in [0.1, 0.15) is 26.3 Å². The quantitative estimate of drug-likeness (QED) is 0.783. The first-order chi connectivity index (χ1) is 8.99. The molecule has 1 unspecified atom stereocenters. The zero-order valence-electron chi connectivity index (χ0n) is 12.6. The SMILES string of the molecule is CCOc1ccc(N(C)CC(C#N)C(C)C)cc1C. The van der Waals surface area contributed by atoms with E-state index in [1.165, 1.54) is 0 Å². The topological polar surface area (TPSA) is 36.3 Å². The van der Waals surface area contributed by atoms with E-state index >= 15 is 0 Å². The Morgan fingerprint density at radius 2 is 2.05 bits per heavy atom. The molecule has 0 aliphatic carbocycles. The van der Waals surface area contributed by atoms with Gasteiger partial charge in [-0.05, 0) is 43.5 Å². The number of nitriles is 1. The minimum Gasteiger partial charge on any atom is -0.494 e. The number of hydrogen-bond donors (Lipinski definition) is 0. The summed E-state index contributed by atoms with van der Waals surface area (Å²) >= 11 is 0. The lowest BCUT2D eigenvalue weighted by Gasteiger charge is -2.24. The Labute approximate surface area is 116 Å². The Morgan fingerprint density at radius 3 is 2.53 bits per heavy atom. The van der Waals surface area contributed by atoms with Crippen LogP contribution in [0.3, 0.4) is 0 Å². The molecule has 0 saturated heterocycles. The lowest BCUT2D eigenvalue weighted by atomic mass is 9.97. The number of aryl methyl sites for hydroxylation is 1. The van der Waals surface area contributed by atoms with Crippen LogP contribution in [-0.4, -0.2) is 20.2 Å². The van der Waals surface area contributed by atoms with E-state index in [9.17, 15) is 0 Å². The van der Waals surface area contributed by atoms with Crippen molar-refractivity contribution < 1.29 is 4.74 Å². The van der Waals surface area contributed by atoms with Crippen LogP contribution in [-0.2, 0) is 0 Å². The molecule has 0 radical (unpaired) electrons. The van der Waals surface area contributed by atoms with Crippen molar-refractivity contribution >= 4 is 5.69 Å². The lowest BCUT2D eigenvalue weighted by molar-refractivity contribution is 0.338. The van der Waals surface area contributed by atoms with Crippen molar-refractivity contribution in [3.8, 4) is 11.8 Å². The van der Waals surface area contributed by atoms with Gasteiger partial charge in [-0.15, -0.1) is 0 Å². The Kier molecular flexibility index (Phi) is 5.69. The smallest absolute Gasteiger partial charge is 0.122 e. The van der Waals surface area contributed by atoms with Gasteiger partial charge in [-0.3, -0.25) is 0 Å². The van der Waals surface area contributed by atoms with E-state index < -0.39 is 0 Å². The Morgan fingerprint density at radius 1 is 1.37 bits per heavy atom. The third kappa shape index (κ3) is 4.17. The van der Waals surface area contributed by atoms with Gasteiger partial charge in [-0.2, -0.15) is 5.26 Å². The summed E-state index contributed by atoms with van der Waals surface area (Å²) in [6.45, 7) is 9.64. The molecule has 0 aliphatic heterocycles. The van der Waals surface area contributed by atoms with Crippen LogP contribution in [0.25, 0.3) is 0 Å². The normalized spacial score (nSPS) is 12.1. The fourth-order valence-electron chi connectivity index (χ4n) is 1.99. The van der Waals surface area contributed by atoms with Gasteiger partial charge in [0.25, 0.3) is 0 Å². The highest BCUT2D eigenvalue weighted by molar-refractivity contribution is 5.52. The first-order valence-corrected chi connectivity index (χ1v) is 6.83. The zero-order chi connectivity index (χ0) is 14.4. The van der Waals surface area contributed by atoms with Gasteiger partial charge in [-0.25, -0.2) is 0 Å². The molecule has 1 rings (SSSR count). The average molecular weight is 260 g/mol. The molecule has 104 valence electrons. The van der Waals surface area contributed by atoms with Gasteiger partial charge in [0.05, 0.1) is 18.6 Å². The molecule has 0 N–H and O–H groups in total. The van der Waals surface area contributed by atoms with Crippen LogP contribution in [0.4, 0.5) is 5.69 Å². The monoisotopic (exact) mass is 260 g/mol. The van der Waals surface area contributed by atoms with E-state index in [0.717, 1.165) is 23.5 Å². The predicted octanol–water partition coefficient (Wildman–Crippen LogP) is 3.63. The predicted molar refractivity (Wildman–Crippen MR) is 79.6 cm³/mol. The molecule has 0 spiro atoms. The summed E-state index contributed by atoms with van der Waals surface area (Å²) in [6, 6.07) is 8.54. The molecule has 1 aromatic carbocycles. The minimum absolute atomic E-state index is 0.0527. The molecule has 0 fully saturated rings. The standard InChI is InChI=1S/C16H24N2O/c1-6-19-16-8-7-15(9-13(16)4)18(5)11-14(10-17)12(2)3/h7-9,12,14H,6,11H2,1-5H3. The van der Waals surface area contributed by atoms with Crippen LogP contribution < -0.4 is 9.64 Å². The van der Waals surface area contributed by atoms with E-state index in [4.69, 9.17) is 10.00 Å². The molecular weight excluding hydrogens is 236 g/mol. The van der Waals surface area contributed by atoms with Gasteiger partial charge >= 0.3 is 0 Å². The Bertz CT molecular complexity index is 449. The molecule has 1 aromatic rings. The van der Waals surface area contributed by atoms with Crippen molar-refractivity contribution in [2.75, 3.05) is 25.1 Å². The van der Waals surface area contributed by atoms with E-state index in [1.807, 2.05) is 33.0 Å². The van der Waals surface area contributed by atoms with E-state index in [2.05, 4.69) is 30.9 Å². The van der Waals surface area contributed by atoms with Crippen LogP contribution in [0.15, 0.2) is 18.2 Å².